The zero-order chi connectivity index (χ0) is 12.7. The molecule has 2 aliphatic heterocycles. The SMILES string of the molecule is c1ccc2c(c1)SCN2ON1CSc2ccccc21. The van der Waals surface area contributed by atoms with Gasteiger partial charge in [0.05, 0.1) is 23.1 Å². The number of benzene rings is 2. The molecule has 0 fully saturated rings. The van der Waals surface area contributed by atoms with E-state index in [1.54, 1.807) is 0 Å². The molecule has 0 amide bonds. The summed E-state index contributed by atoms with van der Waals surface area (Å²) in [6, 6.07) is 16.7. The first-order chi connectivity index (χ1) is 9.42. The molecule has 0 aliphatic carbocycles. The first kappa shape index (κ1) is 11.5. The van der Waals surface area contributed by atoms with E-state index >= 15 is 0 Å². The maximum Gasteiger partial charge on any atom is 0.0981 e. The topological polar surface area (TPSA) is 15.7 Å². The van der Waals surface area contributed by atoms with E-state index in [1.165, 1.54) is 9.79 Å². The molecule has 4 rings (SSSR count). The molecule has 0 aromatic heterocycles. The van der Waals surface area contributed by atoms with E-state index < -0.39 is 0 Å². The van der Waals surface area contributed by atoms with Gasteiger partial charge in [0.25, 0.3) is 0 Å². The number of para-hydroxylation sites is 2. The van der Waals surface area contributed by atoms with Crippen molar-refractivity contribution in [3.8, 4) is 0 Å². The van der Waals surface area contributed by atoms with Gasteiger partial charge in [-0.2, -0.15) is 4.94 Å². The fourth-order valence-corrected chi connectivity index (χ4v) is 4.09. The van der Waals surface area contributed by atoms with Crippen molar-refractivity contribution in [1.82, 2.24) is 0 Å². The molecule has 0 N–H and O–H groups in total. The lowest BCUT2D eigenvalue weighted by Gasteiger charge is -2.25. The lowest BCUT2D eigenvalue weighted by atomic mass is 10.3. The Morgan fingerprint density at radius 1 is 0.737 bits per heavy atom. The first-order valence-corrected chi connectivity index (χ1v) is 8.06. The second-order valence-corrected chi connectivity index (χ2v) is 6.29. The van der Waals surface area contributed by atoms with Crippen LogP contribution in [0.2, 0.25) is 0 Å². The second-order valence-electron chi connectivity index (χ2n) is 4.32. The van der Waals surface area contributed by atoms with Gasteiger partial charge in [-0.1, -0.05) is 47.8 Å². The fraction of sp³-hybridized carbons (Fsp3) is 0.143. The van der Waals surface area contributed by atoms with Crippen molar-refractivity contribution in [2.45, 2.75) is 9.79 Å². The predicted molar refractivity (Wildman–Crippen MR) is 80.4 cm³/mol. The largest absolute Gasteiger partial charge is 0.218 e. The van der Waals surface area contributed by atoms with Gasteiger partial charge in [-0.25, -0.2) is 10.1 Å². The van der Waals surface area contributed by atoms with Gasteiger partial charge in [-0.3, -0.25) is 0 Å². The Hall–Kier alpha value is -1.30. The Bertz CT molecular complexity index is 566. The van der Waals surface area contributed by atoms with Crippen molar-refractivity contribution in [3.05, 3.63) is 48.5 Å². The standard InChI is InChI=1S/C14H12N2OS2/c1-3-7-13-11(5-1)15(9-18-13)17-16-10-19-14-8-4-2-6-12(14)16/h1-8H,9-10H2. The molecular formula is C14H12N2OS2. The predicted octanol–water partition coefficient (Wildman–Crippen LogP) is 3.97. The van der Waals surface area contributed by atoms with Crippen molar-refractivity contribution in [3.63, 3.8) is 0 Å². The molecule has 96 valence electrons. The summed E-state index contributed by atoms with van der Waals surface area (Å²) in [7, 11) is 0. The summed E-state index contributed by atoms with van der Waals surface area (Å²) in [5.74, 6) is 1.67. The third-order valence-electron chi connectivity index (χ3n) is 3.14. The number of fused-ring (bicyclic) bond motifs is 2. The van der Waals surface area contributed by atoms with Crippen LogP contribution < -0.4 is 10.1 Å². The van der Waals surface area contributed by atoms with Crippen LogP contribution in [0.1, 0.15) is 0 Å². The van der Waals surface area contributed by atoms with E-state index in [0.717, 1.165) is 23.1 Å². The van der Waals surface area contributed by atoms with Crippen LogP contribution in [0.4, 0.5) is 11.4 Å². The lowest BCUT2D eigenvalue weighted by Crippen LogP contribution is -2.32. The molecule has 0 radical (unpaired) electrons. The van der Waals surface area contributed by atoms with Crippen LogP contribution in [0.15, 0.2) is 58.3 Å². The quantitative estimate of drug-likeness (QED) is 0.828. The Morgan fingerprint density at radius 3 is 1.74 bits per heavy atom. The summed E-state index contributed by atoms with van der Waals surface area (Å²) in [6.07, 6.45) is 0. The third kappa shape index (κ3) is 1.98. The van der Waals surface area contributed by atoms with Gasteiger partial charge < -0.3 is 0 Å². The van der Waals surface area contributed by atoms with E-state index in [2.05, 4.69) is 36.4 Å². The molecule has 19 heavy (non-hydrogen) atoms. The molecule has 0 saturated carbocycles. The molecule has 0 bridgehead atoms. The van der Waals surface area contributed by atoms with Crippen LogP contribution in [-0.2, 0) is 4.94 Å². The third-order valence-corrected chi connectivity index (χ3v) is 5.18. The average molecular weight is 288 g/mol. The summed E-state index contributed by atoms with van der Waals surface area (Å²) in [5, 5.41) is 3.92. The smallest absolute Gasteiger partial charge is 0.0981 e. The van der Waals surface area contributed by atoms with E-state index in [1.807, 2.05) is 45.8 Å². The van der Waals surface area contributed by atoms with E-state index in [0.29, 0.717) is 0 Å². The highest BCUT2D eigenvalue weighted by Gasteiger charge is 2.26. The van der Waals surface area contributed by atoms with Gasteiger partial charge in [-0.05, 0) is 24.3 Å². The Kier molecular flexibility index (Phi) is 2.83. The highest BCUT2D eigenvalue weighted by atomic mass is 32.2. The monoisotopic (exact) mass is 288 g/mol. The van der Waals surface area contributed by atoms with E-state index in [9.17, 15) is 0 Å². The van der Waals surface area contributed by atoms with Crippen molar-refractivity contribution < 1.29 is 4.94 Å². The summed E-state index contributed by atoms with van der Waals surface area (Å²) in [5.41, 5.74) is 2.31. The van der Waals surface area contributed by atoms with Crippen molar-refractivity contribution >= 4 is 34.9 Å². The van der Waals surface area contributed by atoms with Gasteiger partial charge in [-0.15, -0.1) is 0 Å². The van der Waals surface area contributed by atoms with Gasteiger partial charge in [0.2, 0.25) is 0 Å². The summed E-state index contributed by atoms with van der Waals surface area (Å²) in [4.78, 5) is 8.61. The van der Waals surface area contributed by atoms with E-state index in [4.69, 9.17) is 4.94 Å². The van der Waals surface area contributed by atoms with Crippen molar-refractivity contribution in [2.75, 3.05) is 21.9 Å². The average Bonchev–Trinajstić information content (AvgIpc) is 3.05. The molecular weight excluding hydrogens is 276 g/mol. The van der Waals surface area contributed by atoms with Crippen LogP contribution in [0.3, 0.4) is 0 Å². The summed E-state index contributed by atoms with van der Waals surface area (Å²) < 4.78 is 0. The Balaban J connectivity index is 1.58. The van der Waals surface area contributed by atoms with Crippen molar-refractivity contribution in [1.29, 1.82) is 0 Å². The molecule has 2 heterocycles. The van der Waals surface area contributed by atoms with Gasteiger partial charge in [0, 0.05) is 9.79 Å². The number of hydrogen-bond donors (Lipinski definition) is 0. The Labute approximate surface area is 120 Å². The number of rotatable bonds is 2. The minimum atomic E-state index is 0.836. The highest BCUT2D eigenvalue weighted by molar-refractivity contribution is 8.00. The number of hydroxylamine groups is 2. The van der Waals surface area contributed by atoms with Crippen LogP contribution in [0.25, 0.3) is 0 Å². The highest BCUT2D eigenvalue weighted by Crippen LogP contribution is 2.42. The molecule has 2 aromatic rings. The van der Waals surface area contributed by atoms with Crippen LogP contribution in [-0.4, -0.2) is 11.8 Å². The van der Waals surface area contributed by atoms with Crippen LogP contribution in [0.5, 0.6) is 0 Å². The van der Waals surface area contributed by atoms with Crippen LogP contribution in [0, 0.1) is 0 Å². The molecule has 2 aliphatic rings. The van der Waals surface area contributed by atoms with Gasteiger partial charge in [0.1, 0.15) is 0 Å². The normalized spacial score (nSPS) is 16.6. The zero-order valence-electron chi connectivity index (χ0n) is 10.2. The molecule has 2 aromatic carbocycles. The number of hydrogen-bond acceptors (Lipinski definition) is 5. The maximum absolute atomic E-state index is 6.05. The zero-order valence-corrected chi connectivity index (χ0v) is 11.8. The summed E-state index contributed by atoms with van der Waals surface area (Å²) in [6.45, 7) is 0. The second kappa shape index (κ2) is 4.67. The van der Waals surface area contributed by atoms with Crippen LogP contribution >= 0.6 is 23.5 Å². The maximum atomic E-state index is 6.05. The lowest BCUT2D eigenvalue weighted by molar-refractivity contribution is 0.104. The fourth-order valence-electron chi connectivity index (χ4n) is 2.22. The molecule has 5 heteroatoms. The Morgan fingerprint density at radius 2 is 1.21 bits per heavy atom. The molecule has 0 atom stereocenters. The molecule has 0 saturated heterocycles. The van der Waals surface area contributed by atoms with Crippen molar-refractivity contribution in [2.24, 2.45) is 0 Å². The van der Waals surface area contributed by atoms with E-state index in [-0.39, 0.29) is 0 Å². The molecule has 0 unspecified atom stereocenters. The first-order valence-electron chi connectivity index (χ1n) is 6.09. The van der Waals surface area contributed by atoms with Gasteiger partial charge >= 0.3 is 0 Å². The minimum Gasteiger partial charge on any atom is -0.218 e. The molecule has 3 nitrogen and oxygen atoms in total. The molecule has 0 spiro atoms. The van der Waals surface area contributed by atoms with Gasteiger partial charge in [0.15, 0.2) is 0 Å². The number of anilines is 2. The number of thioether (sulfide) groups is 2. The number of nitrogens with zero attached hydrogens (tertiary/aromatic N) is 2. The minimum absolute atomic E-state index is 0.836. The summed E-state index contributed by atoms with van der Waals surface area (Å²) >= 11 is 3.62.